The van der Waals surface area contributed by atoms with Crippen molar-refractivity contribution in [1.29, 1.82) is 0 Å². The van der Waals surface area contributed by atoms with Crippen molar-refractivity contribution in [2.45, 2.75) is 38.8 Å². The lowest BCUT2D eigenvalue weighted by molar-refractivity contribution is -0.113. The third-order valence-corrected chi connectivity index (χ3v) is 7.12. The molecule has 4 rings (SSSR count). The minimum Gasteiger partial charge on any atom is -0.465 e. The SMILES string of the molecule is COC(=O)c1cccc(NC(=O)CSc2nnc3c4c(C)c(C)sc4nc(C(C)C)n23)c1. The molecule has 0 aliphatic rings. The zero-order chi connectivity index (χ0) is 23.0. The van der Waals surface area contributed by atoms with Crippen LogP contribution < -0.4 is 5.32 Å². The smallest absolute Gasteiger partial charge is 0.337 e. The van der Waals surface area contributed by atoms with Crippen LogP contribution in [0.4, 0.5) is 5.69 Å². The summed E-state index contributed by atoms with van der Waals surface area (Å²) in [6, 6.07) is 6.63. The molecule has 0 atom stereocenters. The molecular weight excluding hydrogens is 446 g/mol. The number of ether oxygens (including phenoxy) is 1. The average Bonchev–Trinajstić information content (AvgIpc) is 3.31. The zero-order valence-electron chi connectivity index (χ0n) is 18.4. The summed E-state index contributed by atoms with van der Waals surface area (Å²) in [5.74, 6) is 0.503. The first-order chi connectivity index (χ1) is 15.3. The summed E-state index contributed by atoms with van der Waals surface area (Å²) in [6.45, 7) is 8.31. The van der Waals surface area contributed by atoms with Crippen LogP contribution in [-0.2, 0) is 9.53 Å². The lowest BCUT2D eigenvalue weighted by atomic mass is 10.2. The maximum Gasteiger partial charge on any atom is 0.337 e. The Morgan fingerprint density at radius 2 is 2.03 bits per heavy atom. The summed E-state index contributed by atoms with van der Waals surface area (Å²) in [7, 11) is 1.32. The maximum atomic E-state index is 12.6. The Kier molecular flexibility index (Phi) is 6.16. The number of nitrogens with one attached hydrogen (secondary N) is 1. The fraction of sp³-hybridized carbons (Fsp3) is 0.318. The molecule has 10 heteroatoms. The molecule has 1 N–H and O–H groups in total. The van der Waals surface area contributed by atoms with Crippen LogP contribution in [0, 0.1) is 13.8 Å². The second kappa shape index (κ2) is 8.87. The van der Waals surface area contributed by atoms with Gasteiger partial charge >= 0.3 is 5.97 Å². The number of amides is 1. The number of aromatic nitrogens is 4. The number of anilines is 1. The number of thiophene rings is 1. The number of fused-ring (bicyclic) bond motifs is 3. The van der Waals surface area contributed by atoms with Gasteiger partial charge in [0.1, 0.15) is 10.7 Å². The van der Waals surface area contributed by atoms with Crippen LogP contribution in [0.15, 0.2) is 29.4 Å². The number of benzene rings is 1. The predicted octanol–water partition coefficient (Wildman–Crippen LogP) is 4.60. The van der Waals surface area contributed by atoms with Gasteiger partial charge in [0.2, 0.25) is 5.91 Å². The van der Waals surface area contributed by atoms with Gasteiger partial charge in [0, 0.05) is 16.5 Å². The summed E-state index contributed by atoms with van der Waals surface area (Å²) in [6.07, 6.45) is 0. The molecule has 0 fully saturated rings. The molecule has 0 saturated heterocycles. The molecule has 0 aliphatic carbocycles. The Morgan fingerprint density at radius 1 is 1.25 bits per heavy atom. The lowest BCUT2D eigenvalue weighted by Gasteiger charge is -2.11. The van der Waals surface area contributed by atoms with Crippen LogP contribution in [0.3, 0.4) is 0 Å². The molecule has 166 valence electrons. The molecule has 0 spiro atoms. The Morgan fingerprint density at radius 3 is 2.75 bits per heavy atom. The maximum absolute atomic E-state index is 12.6. The van der Waals surface area contributed by atoms with Crippen molar-refractivity contribution in [1.82, 2.24) is 19.6 Å². The molecule has 1 amide bonds. The Bertz CT molecular complexity index is 1340. The molecule has 8 nitrogen and oxygen atoms in total. The molecule has 3 aromatic heterocycles. The molecule has 0 saturated carbocycles. The van der Waals surface area contributed by atoms with E-state index < -0.39 is 5.97 Å². The molecule has 1 aromatic carbocycles. The van der Waals surface area contributed by atoms with Crippen LogP contribution in [0.1, 0.15) is 46.4 Å². The van der Waals surface area contributed by atoms with Crippen LogP contribution in [0.2, 0.25) is 0 Å². The van der Waals surface area contributed by atoms with E-state index in [-0.39, 0.29) is 17.6 Å². The van der Waals surface area contributed by atoms with E-state index >= 15 is 0 Å². The second-order valence-corrected chi connectivity index (χ2v) is 9.78. The quantitative estimate of drug-likeness (QED) is 0.325. The second-order valence-electron chi connectivity index (χ2n) is 7.64. The van der Waals surface area contributed by atoms with Crippen LogP contribution >= 0.6 is 23.1 Å². The van der Waals surface area contributed by atoms with Gasteiger partial charge in [-0.25, -0.2) is 9.78 Å². The van der Waals surface area contributed by atoms with Gasteiger partial charge in [0.25, 0.3) is 0 Å². The molecule has 0 radical (unpaired) electrons. The first-order valence-corrected chi connectivity index (χ1v) is 11.9. The molecule has 3 heterocycles. The van der Waals surface area contributed by atoms with Gasteiger partial charge < -0.3 is 10.1 Å². The van der Waals surface area contributed by atoms with E-state index in [4.69, 9.17) is 9.72 Å². The lowest BCUT2D eigenvalue weighted by Crippen LogP contribution is -2.15. The van der Waals surface area contributed by atoms with E-state index in [1.54, 1.807) is 35.6 Å². The highest BCUT2D eigenvalue weighted by atomic mass is 32.2. The third-order valence-electron chi connectivity index (χ3n) is 5.09. The number of hydrogen-bond donors (Lipinski definition) is 1. The van der Waals surface area contributed by atoms with E-state index in [1.165, 1.54) is 23.7 Å². The summed E-state index contributed by atoms with van der Waals surface area (Å²) in [5, 5.41) is 13.3. The van der Waals surface area contributed by atoms with Crippen molar-refractivity contribution in [3.8, 4) is 0 Å². The van der Waals surface area contributed by atoms with E-state index in [9.17, 15) is 9.59 Å². The number of carbonyl (C=O) groups excluding carboxylic acids is 2. The Balaban J connectivity index is 1.59. The van der Waals surface area contributed by atoms with Gasteiger partial charge in [-0.3, -0.25) is 9.20 Å². The minimum atomic E-state index is -0.454. The van der Waals surface area contributed by atoms with E-state index in [0.29, 0.717) is 16.4 Å². The third kappa shape index (κ3) is 4.07. The van der Waals surface area contributed by atoms with Crippen LogP contribution in [-0.4, -0.2) is 44.3 Å². The summed E-state index contributed by atoms with van der Waals surface area (Å²) in [5.41, 5.74) is 2.83. The van der Waals surface area contributed by atoms with E-state index in [2.05, 4.69) is 43.2 Å². The number of hydrogen-bond acceptors (Lipinski definition) is 8. The highest BCUT2D eigenvalue weighted by molar-refractivity contribution is 7.99. The van der Waals surface area contributed by atoms with Crippen molar-refractivity contribution >= 4 is 56.5 Å². The molecule has 0 aliphatic heterocycles. The number of carbonyl (C=O) groups is 2. The van der Waals surface area contributed by atoms with Gasteiger partial charge in [-0.2, -0.15) is 0 Å². The molecule has 4 aromatic rings. The zero-order valence-corrected chi connectivity index (χ0v) is 20.1. The fourth-order valence-corrected chi connectivity index (χ4v) is 5.16. The number of thioether (sulfide) groups is 1. The Labute approximate surface area is 193 Å². The topological polar surface area (TPSA) is 98.5 Å². The predicted molar refractivity (Wildman–Crippen MR) is 127 cm³/mol. The van der Waals surface area contributed by atoms with Gasteiger partial charge in [0.05, 0.1) is 23.8 Å². The largest absolute Gasteiger partial charge is 0.465 e. The van der Waals surface area contributed by atoms with Crippen molar-refractivity contribution in [3.63, 3.8) is 0 Å². The van der Waals surface area contributed by atoms with Crippen molar-refractivity contribution in [2.75, 3.05) is 18.2 Å². The van der Waals surface area contributed by atoms with Crippen molar-refractivity contribution < 1.29 is 14.3 Å². The normalized spacial score (nSPS) is 11.4. The van der Waals surface area contributed by atoms with Gasteiger partial charge in [-0.1, -0.05) is 31.7 Å². The van der Waals surface area contributed by atoms with Gasteiger partial charge in [0.15, 0.2) is 10.8 Å². The summed E-state index contributed by atoms with van der Waals surface area (Å²) >= 11 is 2.96. The van der Waals surface area contributed by atoms with Crippen LogP contribution in [0.5, 0.6) is 0 Å². The molecular formula is C22H23N5O3S2. The number of esters is 1. The first kappa shape index (κ1) is 22.2. The first-order valence-electron chi connectivity index (χ1n) is 10.1. The highest BCUT2D eigenvalue weighted by Crippen LogP contribution is 2.34. The average molecular weight is 470 g/mol. The highest BCUT2D eigenvalue weighted by Gasteiger charge is 2.21. The molecule has 0 unspecified atom stereocenters. The number of methoxy groups -OCH3 is 1. The number of nitrogens with zero attached hydrogens (tertiary/aromatic N) is 4. The van der Waals surface area contributed by atoms with E-state index in [0.717, 1.165) is 27.3 Å². The fourth-order valence-electron chi connectivity index (χ4n) is 3.39. The number of rotatable bonds is 6. The van der Waals surface area contributed by atoms with Crippen LogP contribution in [0.25, 0.3) is 15.9 Å². The standard InChI is InChI=1S/C22H23N5O3S2/c1-11(2)18-24-20-17(12(3)13(4)32-20)19-25-26-22(27(18)19)31-10-16(28)23-15-8-6-7-14(9-15)21(29)30-5/h6-9,11H,10H2,1-5H3,(H,23,28). The van der Waals surface area contributed by atoms with Gasteiger partial charge in [-0.15, -0.1) is 21.5 Å². The Hall–Kier alpha value is -2.98. The van der Waals surface area contributed by atoms with Gasteiger partial charge in [-0.05, 0) is 37.6 Å². The van der Waals surface area contributed by atoms with Crippen molar-refractivity contribution in [2.24, 2.45) is 0 Å². The van der Waals surface area contributed by atoms with E-state index in [1.807, 2.05) is 4.40 Å². The summed E-state index contributed by atoms with van der Waals surface area (Å²) < 4.78 is 6.69. The van der Waals surface area contributed by atoms with Crippen molar-refractivity contribution in [3.05, 3.63) is 46.1 Å². The minimum absolute atomic E-state index is 0.139. The molecule has 32 heavy (non-hydrogen) atoms. The number of aryl methyl sites for hydroxylation is 2. The summed E-state index contributed by atoms with van der Waals surface area (Å²) in [4.78, 5) is 31.3. The molecule has 0 bridgehead atoms. The monoisotopic (exact) mass is 469 g/mol.